The van der Waals surface area contributed by atoms with Crippen molar-refractivity contribution in [1.29, 1.82) is 0 Å². The fourth-order valence-corrected chi connectivity index (χ4v) is 1.94. The smallest absolute Gasteiger partial charge is 0.199 e. The quantitative estimate of drug-likeness (QED) is 0.897. The summed E-state index contributed by atoms with van der Waals surface area (Å²) in [5.41, 5.74) is 7.10. The number of halogens is 2. The maximum atomic E-state index is 13.5. The van der Waals surface area contributed by atoms with E-state index in [9.17, 15) is 4.39 Å². The number of nitrogens with one attached hydrogen (secondary N) is 1. The second-order valence-corrected chi connectivity index (χ2v) is 4.22. The highest BCUT2D eigenvalue weighted by molar-refractivity contribution is 6.30. The molecule has 18 heavy (non-hydrogen) atoms. The molecule has 0 aliphatic heterocycles. The summed E-state index contributed by atoms with van der Waals surface area (Å²) in [4.78, 5) is 6.73. The van der Waals surface area contributed by atoms with Crippen LogP contribution in [0.2, 0.25) is 5.15 Å². The van der Waals surface area contributed by atoms with Crippen molar-refractivity contribution >= 4 is 17.5 Å². The van der Waals surface area contributed by atoms with E-state index in [1.54, 1.807) is 6.07 Å². The standard InChI is InChI=1S/C12H13ClFN3O/c1-18-10-5-3-7(6-8(10)14)2-4-9-11(13)17-12(15)16-9/h3,5-6H,2,4H2,1H3,(H3,15,16,17). The number of aryl methyl sites for hydroxylation is 2. The zero-order valence-electron chi connectivity index (χ0n) is 9.84. The van der Waals surface area contributed by atoms with Gasteiger partial charge in [0.15, 0.2) is 22.7 Å². The molecule has 0 radical (unpaired) electrons. The number of ether oxygens (including phenoxy) is 1. The molecular weight excluding hydrogens is 257 g/mol. The molecule has 4 nitrogen and oxygen atoms in total. The molecule has 0 spiro atoms. The van der Waals surface area contributed by atoms with Gasteiger partial charge in [-0.05, 0) is 30.5 Å². The molecule has 1 aromatic heterocycles. The number of anilines is 1. The zero-order chi connectivity index (χ0) is 13.1. The number of rotatable bonds is 4. The first-order chi connectivity index (χ1) is 8.60. The molecule has 0 bridgehead atoms. The molecule has 0 atom stereocenters. The lowest BCUT2D eigenvalue weighted by Gasteiger charge is -2.04. The molecular formula is C12H13ClFN3O. The third kappa shape index (κ3) is 2.73. The zero-order valence-corrected chi connectivity index (χ0v) is 10.6. The van der Waals surface area contributed by atoms with Crippen LogP contribution in [0, 0.1) is 5.82 Å². The SMILES string of the molecule is COc1ccc(CCc2[nH]c(N)nc2Cl)cc1F. The molecule has 0 unspecified atom stereocenters. The number of methoxy groups -OCH3 is 1. The number of aromatic nitrogens is 2. The van der Waals surface area contributed by atoms with Gasteiger partial charge in [0.25, 0.3) is 0 Å². The van der Waals surface area contributed by atoms with Gasteiger partial charge in [-0.3, -0.25) is 0 Å². The van der Waals surface area contributed by atoms with Crippen molar-refractivity contribution in [1.82, 2.24) is 9.97 Å². The number of nitrogens with zero attached hydrogens (tertiary/aromatic N) is 1. The summed E-state index contributed by atoms with van der Waals surface area (Å²) in [5.74, 6) is 0.156. The largest absolute Gasteiger partial charge is 0.494 e. The first-order valence-corrected chi connectivity index (χ1v) is 5.80. The molecule has 3 N–H and O–H groups in total. The summed E-state index contributed by atoms with van der Waals surface area (Å²) in [5, 5.41) is 0.362. The molecule has 6 heteroatoms. The van der Waals surface area contributed by atoms with Crippen LogP contribution >= 0.6 is 11.6 Å². The lowest BCUT2D eigenvalue weighted by atomic mass is 10.1. The number of imidazole rings is 1. The second-order valence-electron chi connectivity index (χ2n) is 3.86. The van der Waals surface area contributed by atoms with E-state index in [2.05, 4.69) is 9.97 Å². The van der Waals surface area contributed by atoms with Crippen molar-refractivity contribution in [2.24, 2.45) is 0 Å². The predicted molar refractivity (Wildman–Crippen MR) is 68.4 cm³/mol. The van der Waals surface area contributed by atoms with E-state index >= 15 is 0 Å². The fourth-order valence-electron chi connectivity index (χ4n) is 1.71. The number of nitrogens with two attached hydrogens (primary N) is 1. The van der Waals surface area contributed by atoms with Crippen LogP contribution in [-0.4, -0.2) is 17.1 Å². The summed E-state index contributed by atoms with van der Waals surface area (Å²) in [6.45, 7) is 0. The van der Waals surface area contributed by atoms with Crippen LogP contribution in [0.1, 0.15) is 11.3 Å². The van der Waals surface area contributed by atoms with Crippen LogP contribution in [0.5, 0.6) is 5.75 Å². The number of hydrogen-bond acceptors (Lipinski definition) is 3. The molecule has 0 saturated heterocycles. The Hall–Kier alpha value is -1.75. The lowest BCUT2D eigenvalue weighted by Crippen LogP contribution is -1.95. The summed E-state index contributed by atoms with van der Waals surface area (Å²) in [6, 6.07) is 4.87. The van der Waals surface area contributed by atoms with E-state index in [-0.39, 0.29) is 17.5 Å². The summed E-state index contributed by atoms with van der Waals surface area (Å²) >= 11 is 5.87. The normalized spacial score (nSPS) is 10.6. The van der Waals surface area contributed by atoms with Gasteiger partial charge in [-0.15, -0.1) is 0 Å². The van der Waals surface area contributed by atoms with Crippen molar-refractivity contribution in [2.75, 3.05) is 12.8 Å². The minimum Gasteiger partial charge on any atom is -0.494 e. The van der Waals surface area contributed by atoms with Crippen molar-refractivity contribution in [3.8, 4) is 5.75 Å². The molecule has 0 fully saturated rings. The van der Waals surface area contributed by atoms with Crippen molar-refractivity contribution in [3.63, 3.8) is 0 Å². The molecule has 0 amide bonds. The van der Waals surface area contributed by atoms with Gasteiger partial charge in [-0.1, -0.05) is 17.7 Å². The molecule has 2 aromatic rings. The van der Waals surface area contributed by atoms with Gasteiger partial charge in [0.1, 0.15) is 0 Å². The highest BCUT2D eigenvalue weighted by Crippen LogP contribution is 2.20. The van der Waals surface area contributed by atoms with Gasteiger partial charge < -0.3 is 15.5 Å². The Bertz CT molecular complexity index is 556. The summed E-state index contributed by atoms with van der Waals surface area (Å²) < 4.78 is 18.3. The molecule has 96 valence electrons. The average Bonchev–Trinajstić information content (AvgIpc) is 2.65. The summed E-state index contributed by atoms with van der Waals surface area (Å²) in [7, 11) is 1.44. The first kappa shape index (κ1) is 12.7. The fraction of sp³-hybridized carbons (Fsp3) is 0.250. The minimum absolute atomic E-state index is 0.238. The van der Waals surface area contributed by atoms with Gasteiger partial charge in [0.05, 0.1) is 12.8 Å². The number of H-pyrrole nitrogens is 1. The first-order valence-electron chi connectivity index (χ1n) is 5.42. The van der Waals surface area contributed by atoms with E-state index < -0.39 is 0 Å². The Balaban J connectivity index is 2.06. The second kappa shape index (κ2) is 5.27. The molecule has 0 aliphatic rings. The number of benzene rings is 1. The number of hydrogen-bond donors (Lipinski definition) is 2. The van der Waals surface area contributed by atoms with Crippen LogP contribution in [0.3, 0.4) is 0 Å². The van der Waals surface area contributed by atoms with E-state index in [0.29, 0.717) is 18.0 Å². The van der Waals surface area contributed by atoms with Crippen LogP contribution in [0.15, 0.2) is 18.2 Å². The highest BCUT2D eigenvalue weighted by atomic mass is 35.5. The lowest BCUT2D eigenvalue weighted by molar-refractivity contribution is 0.386. The predicted octanol–water partition coefficient (Wildman–Crippen LogP) is 2.58. The maximum absolute atomic E-state index is 13.5. The van der Waals surface area contributed by atoms with Crippen LogP contribution in [0.25, 0.3) is 0 Å². The Morgan fingerprint density at radius 3 is 2.78 bits per heavy atom. The van der Waals surface area contributed by atoms with Crippen molar-refractivity contribution in [3.05, 3.63) is 40.4 Å². The summed E-state index contributed by atoms with van der Waals surface area (Å²) in [6.07, 6.45) is 1.26. The molecule has 1 aromatic carbocycles. The van der Waals surface area contributed by atoms with Crippen molar-refractivity contribution in [2.45, 2.75) is 12.8 Å². The van der Waals surface area contributed by atoms with E-state index in [4.69, 9.17) is 22.1 Å². The Kier molecular flexibility index (Phi) is 3.72. The van der Waals surface area contributed by atoms with E-state index in [1.165, 1.54) is 13.2 Å². The Morgan fingerprint density at radius 2 is 2.22 bits per heavy atom. The van der Waals surface area contributed by atoms with Gasteiger partial charge in [0, 0.05) is 0 Å². The number of nitrogen functional groups attached to an aromatic ring is 1. The van der Waals surface area contributed by atoms with Crippen molar-refractivity contribution < 1.29 is 9.13 Å². The maximum Gasteiger partial charge on any atom is 0.199 e. The topological polar surface area (TPSA) is 63.9 Å². The Morgan fingerprint density at radius 1 is 1.44 bits per heavy atom. The Labute approximate surface area is 109 Å². The minimum atomic E-state index is -0.370. The third-order valence-corrected chi connectivity index (χ3v) is 2.94. The van der Waals surface area contributed by atoms with Gasteiger partial charge in [0.2, 0.25) is 0 Å². The highest BCUT2D eigenvalue weighted by Gasteiger charge is 2.08. The van der Waals surface area contributed by atoms with Crippen LogP contribution in [0.4, 0.5) is 10.3 Å². The average molecular weight is 270 g/mol. The van der Waals surface area contributed by atoms with Gasteiger partial charge in [-0.25, -0.2) is 9.37 Å². The molecule has 0 saturated carbocycles. The molecule has 2 rings (SSSR count). The van der Waals surface area contributed by atoms with Crippen LogP contribution in [-0.2, 0) is 12.8 Å². The van der Waals surface area contributed by atoms with E-state index in [0.717, 1.165) is 11.3 Å². The number of aromatic amines is 1. The van der Waals surface area contributed by atoms with Crippen LogP contribution < -0.4 is 10.5 Å². The molecule has 1 heterocycles. The van der Waals surface area contributed by atoms with Gasteiger partial charge in [-0.2, -0.15) is 0 Å². The third-order valence-electron chi connectivity index (χ3n) is 2.63. The van der Waals surface area contributed by atoms with E-state index in [1.807, 2.05) is 6.07 Å². The van der Waals surface area contributed by atoms with Gasteiger partial charge >= 0.3 is 0 Å². The molecule has 0 aliphatic carbocycles. The monoisotopic (exact) mass is 269 g/mol.